The number of nitrogens with two attached hydrogens (primary N) is 1. The van der Waals surface area contributed by atoms with E-state index < -0.39 is 0 Å². The van der Waals surface area contributed by atoms with Gasteiger partial charge in [-0.25, -0.2) is 0 Å². The number of nitrogens with one attached hydrogen (secondary N) is 1. The maximum atomic E-state index is 5.98. The topological polar surface area (TPSA) is 38.0 Å². The van der Waals surface area contributed by atoms with Gasteiger partial charge in [0.2, 0.25) is 0 Å². The van der Waals surface area contributed by atoms with Crippen molar-refractivity contribution in [3.05, 3.63) is 0 Å². The highest BCUT2D eigenvalue weighted by atomic mass is 32.2. The first-order chi connectivity index (χ1) is 8.22. The number of hydrogen-bond acceptors (Lipinski definition) is 3. The van der Waals surface area contributed by atoms with Gasteiger partial charge in [-0.1, -0.05) is 52.4 Å². The second-order valence-corrected chi connectivity index (χ2v) is 6.76. The van der Waals surface area contributed by atoms with E-state index in [2.05, 4.69) is 30.9 Å². The van der Waals surface area contributed by atoms with Crippen LogP contribution < -0.4 is 11.1 Å². The molecule has 1 saturated heterocycles. The highest BCUT2D eigenvalue weighted by Gasteiger charge is 2.33. The van der Waals surface area contributed by atoms with Crippen LogP contribution in [0.25, 0.3) is 0 Å². The van der Waals surface area contributed by atoms with Crippen molar-refractivity contribution in [3.63, 3.8) is 0 Å². The Bertz CT molecular complexity index is 177. The predicted octanol–water partition coefficient (Wildman–Crippen LogP) is 3.51. The minimum Gasteiger partial charge on any atom is -0.326 e. The Morgan fingerprint density at radius 3 is 2.12 bits per heavy atom. The van der Waals surface area contributed by atoms with Gasteiger partial charge in [0, 0.05) is 18.3 Å². The molecule has 1 aliphatic heterocycles. The Kier molecular flexibility index (Phi) is 7.56. The quantitative estimate of drug-likeness (QED) is 0.654. The van der Waals surface area contributed by atoms with E-state index in [-0.39, 0.29) is 0 Å². The lowest BCUT2D eigenvalue weighted by molar-refractivity contribution is 0.361. The minimum absolute atomic E-state index is 0.347. The lowest BCUT2D eigenvalue weighted by Gasteiger charge is -2.40. The fourth-order valence-electron chi connectivity index (χ4n) is 2.46. The summed E-state index contributed by atoms with van der Waals surface area (Å²) < 4.78 is 0. The van der Waals surface area contributed by atoms with Crippen LogP contribution in [0.15, 0.2) is 0 Å². The van der Waals surface area contributed by atoms with Crippen molar-refractivity contribution in [2.24, 2.45) is 5.73 Å². The van der Waals surface area contributed by atoms with Crippen molar-refractivity contribution in [2.75, 3.05) is 12.3 Å². The van der Waals surface area contributed by atoms with Crippen LogP contribution in [-0.4, -0.2) is 23.2 Å². The fourth-order valence-corrected chi connectivity index (χ4v) is 3.87. The summed E-state index contributed by atoms with van der Waals surface area (Å²) in [5.41, 5.74) is 5.98. The molecule has 1 atom stereocenters. The molecule has 1 unspecified atom stereocenters. The molecule has 1 aliphatic rings. The molecule has 0 bridgehead atoms. The second kappa shape index (κ2) is 8.39. The van der Waals surface area contributed by atoms with Gasteiger partial charge in [-0.3, -0.25) is 0 Å². The van der Waals surface area contributed by atoms with Gasteiger partial charge in [-0.15, -0.1) is 11.8 Å². The van der Waals surface area contributed by atoms with Crippen LogP contribution in [0.4, 0.5) is 0 Å². The van der Waals surface area contributed by atoms with Gasteiger partial charge >= 0.3 is 0 Å². The maximum absolute atomic E-state index is 5.98. The normalized spacial score (nSPS) is 23.8. The first-order valence-electron chi connectivity index (χ1n) is 7.37. The van der Waals surface area contributed by atoms with Crippen molar-refractivity contribution in [1.82, 2.24) is 5.32 Å². The molecule has 1 rings (SSSR count). The van der Waals surface area contributed by atoms with E-state index in [0.717, 1.165) is 12.3 Å². The highest BCUT2D eigenvalue weighted by Crippen LogP contribution is 2.36. The number of unbranched alkanes of at least 4 members (excludes halogenated alkanes) is 4. The van der Waals surface area contributed by atoms with Gasteiger partial charge in [0.1, 0.15) is 0 Å². The molecular formula is C14H30N2S. The van der Waals surface area contributed by atoms with Crippen LogP contribution in [-0.2, 0) is 0 Å². The molecule has 0 saturated carbocycles. The smallest absolute Gasteiger partial charge is 0.0646 e. The lowest BCUT2D eigenvalue weighted by atomic mass is 10.0. The van der Waals surface area contributed by atoms with Crippen LogP contribution >= 0.6 is 11.8 Å². The van der Waals surface area contributed by atoms with E-state index in [1.807, 2.05) is 0 Å². The predicted molar refractivity (Wildman–Crippen MR) is 79.5 cm³/mol. The number of thioether (sulfide) groups is 1. The maximum Gasteiger partial charge on any atom is 0.0646 e. The van der Waals surface area contributed by atoms with Crippen LogP contribution in [0, 0.1) is 0 Å². The zero-order valence-electron chi connectivity index (χ0n) is 11.6. The third-order valence-electron chi connectivity index (χ3n) is 3.63. The molecule has 3 N–H and O–H groups in total. The molecule has 17 heavy (non-hydrogen) atoms. The molecule has 0 aliphatic carbocycles. The van der Waals surface area contributed by atoms with E-state index in [0.29, 0.717) is 10.9 Å². The Labute approximate surface area is 111 Å². The molecular weight excluding hydrogens is 228 g/mol. The third kappa shape index (κ3) is 5.62. The van der Waals surface area contributed by atoms with E-state index in [9.17, 15) is 0 Å². The van der Waals surface area contributed by atoms with Gasteiger partial charge in [-0.2, -0.15) is 0 Å². The molecule has 0 aromatic rings. The average molecular weight is 258 g/mol. The molecule has 0 amide bonds. The highest BCUT2D eigenvalue weighted by molar-refractivity contribution is 8.00. The first kappa shape index (κ1) is 15.3. The number of rotatable bonds is 8. The van der Waals surface area contributed by atoms with E-state index in [4.69, 9.17) is 5.73 Å². The molecule has 0 spiro atoms. The van der Waals surface area contributed by atoms with Crippen molar-refractivity contribution in [2.45, 2.75) is 76.1 Å². The van der Waals surface area contributed by atoms with E-state index in [1.165, 1.54) is 51.4 Å². The molecule has 2 nitrogen and oxygen atoms in total. The summed E-state index contributed by atoms with van der Waals surface area (Å²) in [7, 11) is 0. The third-order valence-corrected chi connectivity index (χ3v) is 5.33. The summed E-state index contributed by atoms with van der Waals surface area (Å²) in [6.45, 7) is 5.56. The van der Waals surface area contributed by atoms with Crippen LogP contribution in [0.1, 0.15) is 65.2 Å². The van der Waals surface area contributed by atoms with Crippen molar-refractivity contribution >= 4 is 11.8 Å². The van der Waals surface area contributed by atoms with Crippen molar-refractivity contribution in [3.8, 4) is 0 Å². The van der Waals surface area contributed by atoms with Crippen molar-refractivity contribution < 1.29 is 0 Å². The lowest BCUT2D eigenvalue weighted by Crippen LogP contribution is -2.53. The zero-order valence-corrected chi connectivity index (χ0v) is 12.5. The molecule has 0 aromatic carbocycles. The Hall–Kier alpha value is 0.270. The average Bonchev–Trinajstić information content (AvgIpc) is 2.34. The van der Waals surface area contributed by atoms with Crippen molar-refractivity contribution in [1.29, 1.82) is 0 Å². The summed E-state index contributed by atoms with van der Waals surface area (Å²) >= 11 is 2.08. The minimum atomic E-state index is 0.347. The first-order valence-corrected chi connectivity index (χ1v) is 8.35. The molecule has 0 radical (unpaired) electrons. The van der Waals surface area contributed by atoms with Gasteiger partial charge < -0.3 is 11.1 Å². The summed E-state index contributed by atoms with van der Waals surface area (Å²) in [6.07, 6.45) is 10.7. The fraction of sp³-hybridized carbons (Fsp3) is 1.00. The summed E-state index contributed by atoms with van der Waals surface area (Å²) in [4.78, 5) is 0.347. The Morgan fingerprint density at radius 2 is 1.71 bits per heavy atom. The van der Waals surface area contributed by atoms with E-state index >= 15 is 0 Å². The van der Waals surface area contributed by atoms with Gasteiger partial charge in [-0.05, 0) is 12.8 Å². The Morgan fingerprint density at radius 1 is 1.12 bits per heavy atom. The molecule has 1 heterocycles. The number of hydrogen-bond donors (Lipinski definition) is 2. The van der Waals surface area contributed by atoms with Crippen LogP contribution in [0.2, 0.25) is 0 Å². The zero-order chi connectivity index (χ0) is 12.6. The largest absolute Gasteiger partial charge is 0.326 e. The van der Waals surface area contributed by atoms with E-state index in [1.54, 1.807) is 0 Å². The van der Waals surface area contributed by atoms with Crippen LogP contribution in [0.3, 0.4) is 0 Å². The van der Waals surface area contributed by atoms with Gasteiger partial charge in [0.25, 0.3) is 0 Å². The monoisotopic (exact) mass is 258 g/mol. The Balaban J connectivity index is 2.39. The summed E-state index contributed by atoms with van der Waals surface area (Å²) in [5.74, 6) is 1.13. The standard InChI is InChI=1S/C14H30N2S/c1-3-5-7-9-14(10-8-6-4-2)16-11-13(15)12-17-14/h13,16H,3-12,15H2,1-2H3. The molecule has 102 valence electrons. The van der Waals surface area contributed by atoms with Crippen LogP contribution in [0.5, 0.6) is 0 Å². The SMILES string of the molecule is CCCCCC1(CCCCC)NCC(N)CS1. The van der Waals surface area contributed by atoms with Gasteiger partial charge in [0.15, 0.2) is 0 Å². The summed E-state index contributed by atoms with van der Waals surface area (Å²) in [5, 5.41) is 3.74. The second-order valence-electron chi connectivity index (χ2n) is 5.36. The molecule has 3 heteroatoms. The molecule has 1 fully saturated rings. The summed E-state index contributed by atoms with van der Waals surface area (Å²) in [6, 6.07) is 0.352. The molecule has 0 aromatic heterocycles. The van der Waals surface area contributed by atoms with Gasteiger partial charge in [0.05, 0.1) is 4.87 Å².